The Labute approximate surface area is 241 Å². The topological polar surface area (TPSA) is 88.5 Å². The summed E-state index contributed by atoms with van der Waals surface area (Å²) in [7, 11) is 1.70. The van der Waals surface area contributed by atoms with Gasteiger partial charge in [0.15, 0.2) is 5.13 Å². The van der Waals surface area contributed by atoms with Crippen molar-refractivity contribution >= 4 is 57.6 Å². The summed E-state index contributed by atoms with van der Waals surface area (Å²) < 4.78 is 21.0. The van der Waals surface area contributed by atoms with E-state index in [0.717, 1.165) is 32.1 Å². The highest BCUT2D eigenvalue weighted by molar-refractivity contribution is 7.14. The summed E-state index contributed by atoms with van der Waals surface area (Å²) in [5, 5.41) is 14.0. The average Bonchev–Trinajstić information content (AvgIpc) is 3.36. The van der Waals surface area contributed by atoms with Crippen molar-refractivity contribution in [3.63, 3.8) is 0 Å². The van der Waals surface area contributed by atoms with Gasteiger partial charge in [0, 0.05) is 34.8 Å². The number of carboxylic acid groups (broad SMARTS) is 1. The number of ether oxygens (including phenoxy) is 1. The van der Waals surface area contributed by atoms with E-state index in [1.807, 2.05) is 0 Å². The summed E-state index contributed by atoms with van der Waals surface area (Å²) in [6.07, 6.45) is 7.06. The number of nitrogens with zero attached hydrogens (tertiary/aromatic N) is 1. The first-order valence-electron chi connectivity index (χ1n) is 12.6. The monoisotopic (exact) mass is 592 g/mol. The van der Waals surface area contributed by atoms with E-state index in [0.29, 0.717) is 28.8 Å². The molecular weight excluding hydrogens is 562 g/mol. The number of rotatable bonds is 13. The molecule has 0 radical (unpaired) electrons. The minimum absolute atomic E-state index is 0.0492. The fourth-order valence-electron chi connectivity index (χ4n) is 4.04. The highest BCUT2D eigenvalue weighted by Crippen LogP contribution is 2.32. The van der Waals surface area contributed by atoms with Crippen LogP contribution in [0.4, 0.5) is 9.52 Å². The van der Waals surface area contributed by atoms with Crippen LogP contribution in [0.3, 0.4) is 0 Å². The zero-order chi connectivity index (χ0) is 28.5. The van der Waals surface area contributed by atoms with Gasteiger partial charge < -0.3 is 9.84 Å². The second kappa shape index (κ2) is 14.6. The lowest BCUT2D eigenvalue weighted by atomic mass is 9.99. The van der Waals surface area contributed by atoms with E-state index in [1.54, 1.807) is 30.7 Å². The SMILES string of the molecule is CCCCCC(CCc1cccc(-c2csc(NC(=O)c3cc(Cl)c(/C=C(\C)C(=O)O)c(Cl)c3)n2)c1F)OC. The van der Waals surface area contributed by atoms with Gasteiger partial charge in [-0.25, -0.2) is 14.2 Å². The first-order valence-corrected chi connectivity index (χ1v) is 14.3. The average molecular weight is 594 g/mol. The summed E-state index contributed by atoms with van der Waals surface area (Å²) in [5.41, 5.74) is 1.90. The third kappa shape index (κ3) is 8.35. The van der Waals surface area contributed by atoms with Crippen LogP contribution in [0.2, 0.25) is 10.0 Å². The molecule has 3 rings (SSSR count). The predicted molar refractivity (Wildman–Crippen MR) is 156 cm³/mol. The van der Waals surface area contributed by atoms with Crippen molar-refractivity contribution in [2.24, 2.45) is 0 Å². The van der Waals surface area contributed by atoms with Crippen LogP contribution >= 0.6 is 34.5 Å². The third-order valence-corrected chi connectivity index (χ3v) is 7.70. The van der Waals surface area contributed by atoms with Crippen LogP contribution in [0, 0.1) is 5.82 Å². The van der Waals surface area contributed by atoms with E-state index >= 15 is 4.39 Å². The Kier molecular flexibility index (Phi) is 11.5. The largest absolute Gasteiger partial charge is 0.478 e. The van der Waals surface area contributed by atoms with E-state index in [-0.39, 0.29) is 38.2 Å². The van der Waals surface area contributed by atoms with E-state index < -0.39 is 11.9 Å². The fourth-order valence-corrected chi connectivity index (χ4v) is 5.35. The van der Waals surface area contributed by atoms with Crippen molar-refractivity contribution in [1.29, 1.82) is 0 Å². The maximum atomic E-state index is 15.4. The van der Waals surface area contributed by atoms with Crippen molar-refractivity contribution < 1.29 is 23.8 Å². The zero-order valence-electron chi connectivity index (χ0n) is 22.0. The molecule has 3 aromatic rings. The van der Waals surface area contributed by atoms with Crippen LogP contribution in [0.5, 0.6) is 0 Å². The number of nitrogens with one attached hydrogen (secondary N) is 1. The normalized spacial score (nSPS) is 12.4. The molecular formula is C29H31Cl2FN2O4S. The van der Waals surface area contributed by atoms with Crippen LogP contribution in [-0.4, -0.2) is 35.2 Å². The number of aliphatic carboxylic acids is 1. The maximum absolute atomic E-state index is 15.4. The molecule has 0 saturated heterocycles. The standard InChI is InChI=1S/C29H31Cl2FN2O4S/c1-4-5-6-9-20(38-3)12-11-18-8-7-10-21(26(18)32)25-16-39-29(33-25)34-27(35)19-14-23(30)22(24(31)15-19)13-17(2)28(36)37/h7-8,10,13-16,20H,4-6,9,11-12H2,1-3H3,(H,36,37)(H,33,34,35)/b17-13+. The number of halogens is 3. The van der Waals surface area contributed by atoms with Gasteiger partial charge in [0.2, 0.25) is 0 Å². The molecule has 2 aromatic carbocycles. The molecule has 0 aliphatic heterocycles. The van der Waals surface area contributed by atoms with Crippen molar-refractivity contribution in [3.8, 4) is 11.3 Å². The number of carbonyl (C=O) groups excluding carboxylic acids is 1. The summed E-state index contributed by atoms with van der Waals surface area (Å²) in [6, 6.07) is 8.04. The Hall–Kier alpha value is -2.78. The van der Waals surface area contributed by atoms with Crippen LogP contribution in [0.1, 0.15) is 67.4 Å². The van der Waals surface area contributed by atoms with Gasteiger partial charge in [-0.3, -0.25) is 10.1 Å². The number of hydrogen-bond acceptors (Lipinski definition) is 5. The number of thiazole rings is 1. The number of carboxylic acids is 1. The minimum atomic E-state index is -1.10. The highest BCUT2D eigenvalue weighted by Gasteiger charge is 2.18. The van der Waals surface area contributed by atoms with Crippen LogP contribution in [0.15, 0.2) is 41.3 Å². The zero-order valence-corrected chi connectivity index (χ0v) is 24.4. The number of aryl methyl sites for hydroxylation is 1. The van der Waals surface area contributed by atoms with E-state index in [4.69, 9.17) is 33.0 Å². The lowest BCUT2D eigenvalue weighted by molar-refractivity contribution is -0.132. The molecule has 1 heterocycles. The molecule has 1 atom stereocenters. The first-order chi connectivity index (χ1) is 18.6. The Bertz CT molecular complexity index is 1340. The smallest absolute Gasteiger partial charge is 0.331 e. The number of amides is 1. The van der Waals surface area contributed by atoms with Gasteiger partial charge in [-0.2, -0.15) is 0 Å². The molecule has 10 heteroatoms. The van der Waals surface area contributed by atoms with Gasteiger partial charge in [-0.15, -0.1) is 11.3 Å². The number of anilines is 1. The van der Waals surface area contributed by atoms with E-state index in [9.17, 15) is 9.59 Å². The lowest BCUT2D eigenvalue weighted by Gasteiger charge is -2.15. The molecule has 208 valence electrons. The Morgan fingerprint density at radius 3 is 2.56 bits per heavy atom. The van der Waals surface area contributed by atoms with Crippen LogP contribution in [0.25, 0.3) is 17.3 Å². The first kappa shape index (κ1) is 30.8. The molecule has 0 fully saturated rings. The predicted octanol–water partition coefficient (Wildman–Crippen LogP) is 8.52. The van der Waals surface area contributed by atoms with E-state index in [1.165, 1.54) is 36.5 Å². The van der Waals surface area contributed by atoms with Gasteiger partial charge >= 0.3 is 5.97 Å². The molecule has 0 spiro atoms. The molecule has 2 N–H and O–H groups in total. The molecule has 0 saturated carbocycles. The van der Waals surface area contributed by atoms with Crippen LogP contribution in [-0.2, 0) is 16.0 Å². The quantitative estimate of drug-likeness (QED) is 0.153. The third-order valence-electron chi connectivity index (χ3n) is 6.32. The van der Waals surface area contributed by atoms with Crippen molar-refractivity contribution in [2.45, 2.75) is 58.5 Å². The number of carbonyl (C=O) groups is 2. The number of unbranched alkanes of at least 4 members (excludes halogenated alkanes) is 2. The number of hydrogen-bond donors (Lipinski definition) is 2. The molecule has 1 aromatic heterocycles. The van der Waals surface area contributed by atoms with Gasteiger partial charge in [0.05, 0.1) is 21.8 Å². The second-order valence-electron chi connectivity index (χ2n) is 9.15. The van der Waals surface area contributed by atoms with Crippen molar-refractivity contribution in [3.05, 3.63) is 73.8 Å². The summed E-state index contributed by atoms with van der Waals surface area (Å²) in [5.74, 6) is -1.94. The molecule has 1 amide bonds. The second-order valence-corrected chi connectivity index (χ2v) is 10.8. The molecule has 6 nitrogen and oxygen atoms in total. The van der Waals surface area contributed by atoms with Gasteiger partial charge in [0.1, 0.15) is 5.82 Å². The Morgan fingerprint density at radius 1 is 1.21 bits per heavy atom. The number of benzene rings is 2. The lowest BCUT2D eigenvalue weighted by Crippen LogP contribution is -2.12. The fraction of sp³-hybridized carbons (Fsp3) is 0.345. The highest BCUT2D eigenvalue weighted by atomic mass is 35.5. The van der Waals surface area contributed by atoms with Gasteiger partial charge in [-0.05, 0) is 56.0 Å². The van der Waals surface area contributed by atoms with E-state index in [2.05, 4.69) is 17.2 Å². The van der Waals surface area contributed by atoms with Crippen LogP contribution < -0.4 is 5.32 Å². The number of methoxy groups -OCH3 is 1. The maximum Gasteiger partial charge on any atom is 0.331 e. The summed E-state index contributed by atoms with van der Waals surface area (Å²) in [4.78, 5) is 28.4. The van der Waals surface area contributed by atoms with Crippen molar-refractivity contribution in [1.82, 2.24) is 4.98 Å². The Balaban J connectivity index is 1.72. The number of aromatic nitrogens is 1. The molecule has 0 aliphatic rings. The minimum Gasteiger partial charge on any atom is -0.478 e. The molecule has 0 bridgehead atoms. The van der Waals surface area contributed by atoms with Gasteiger partial charge in [-0.1, -0.05) is 61.5 Å². The van der Waals surface area contributed by atoms with Gasteiger partial charge in [0.25, 0.3) is 5.91 Å². The summed E-state index contributed by atoms with van der Waals surface area (Å²) in [6.45, 7) is 3.57. The summed E-state index contributed by atoms with van der Waals surface area (Å²) >= 11 is 13.7. The molecule has 1 unspecified atom stereocenters. The molecule has 39 heavy (non-hydrogen) atoms. The molecule has 0 aliphatic carbocycles. The van der Waals surface area contributed by atoms with Crippen molar-refractivity contribution in [2.75, 3.05) is 12.4 Å². The Morgan fingerprint density at radius 2 is 1.92 bits per heavy atom.